The molecule has 0 aliphatic carbocycles. The highest BCUT2D eigenvalue weighted by molar-refractivity contribution is 6.43. The molecule has 0 radical (unpaired) electrons. The predicted molar refractivity (Wildman–Crippen MR) is 122 cm³/mol. The fourth-order valence-corrected chi connectivity index (χ4v) is 4.33. The van der Waals surface area contributed by atoms with Gasteiger partial charge in [0.25, 0.3) is 0 Å². The highest BCUT2D eigenvalue weighted by atomic mass is 35.5. The predicted octanol–water partition coefficient (Wildman–Crippen LogP) is 8.63. The van der Waals surface area contributed by atoms with Gasteiger partial charge in [0.05, 0.1) is 10.0 Å². The summed E-state index contributed by atoms with van der Waals surface area (Å²) in [5.41, 5.74) is 4.71. The molecule has 0 fully saturated rings. The number of hydrogen-bond donors (Lipinski definition) is 0. The van der Waals surface area contributed by atoms with Gasteiger partial charge in [-0.2, -0.15) is 0 Å². The van der Waals surface area contributed by atoms with Gasteiger partial charge in [-0.1, -0.05) is 108 Å². The van der Waals surface area contributed by atoms with E-state index >= 15 is 0 Å². The third-order valence-electron chi connectivity index (χ3n) is 5.19. The van der Waals surface area contributed by atoms with Crippen LogP contribution >= 0.6 is 23.2 Å². The molecule has 0 amide bonds. The zero-order valence-corrected chi connectivity index (χ0v) is 16.5. The number of benzene rings is 5. The number of fused-ring (bicyclic) bond motifs is 2. The molecular formula is C26H16Cl2. The summed E-state index contributed by atoms with van der Waals surface area (Å²) in [6.07, 6.45) is 0. The Labute approximate surface area is 174 Å². The first-order valence-electron chi connectivity index (χ1n) is 9.18. The molecule has 2 heteroatoms. The van der Waals surface area contributed by atoms with Crippen LogP contribution in [0.4, 0.5) is 0 Å². The first-order chi connectivity index (χ1) is 13.7. The first-order valence-corrected chi connectivity index (χ1v) is 9.94. The van der Waals surface area contributed by atoms with E-state index in [-0.39, 0.29) is 0 Å². The molecule has 0 aromatic heterocycles. The van der Waals surface area contributed by atoms with Crippen molar-refractivity contribution in [2.45, 2.75) is 0 Å². The van der Waals surface area contributed by atoms with Gasteiger partial charge in [0.1, 0.15) is 0 Å². The van der Waals surface area contributed by atoms with Crippen molar-refractivity contribution in [2.24, 2.45) is 0 Å². The average Bonchev–Trinajstić information content (AvgIpc) is 2.74. The van der Waals surface area contributed by atoms with Crippen LogP contribution in [-0.2, 0) is 0 Å². The van der Waals surface area contributed by atoms with Crippen molar-refractivity contribution >= 4 is 44.7 Å². The summed E-state index contributed by atoms with van der Waals surface area (Å²) in [7, 11) is 0. The summed E-state index contributed by atoms with van der Waals surface area (Å²) in [6.45, 7) is 0. The largest absolute Gasteiger partial charge is 0.0827 e. The van der Waals surface area contributed by atoms with Gasteiger partial charge in [-0.15, -0.1) is 0 Å². The molecule has 5 rings (SSSR count). The Morgan fingerprint density at radius 2 is 0.750 bits per heavy atom. The van der Waals surface area contributed by atoms with Crippen LogP contribution in [0.15, 0.2) is 97.1 Å². The standard InChI is InChI=1S/C26H16Cl2/c27-23-15-21-22(16-24(23)28)26(18-11-5-2-6-12-18)20-14-8-7-13-19(20)25(21)17-9-3-1-4-10-17/h1-16H. The number of rotatable bonds is 2. The molecule has 0 N–H and O–H groups in total. The maximum absolute atomic E-state index is 6.46. The lowest BCUT2D eigenvalue weighted by molar-refractivity contribution is 1.65. The van der Waals surface area contributed by atoms with Gasteiger partial charge in [0, 0.05) is 0 Å². The molecule has 134 valence electrons. The van der Waals surface area contributed by atoms with Crippen LogP contribution in [0, 0.1) is 0 Å². The SMILES string of the molecule is Clc1cc2c(-c3ccccc3)c3ccccc3c(-c3ccccc3)c2cc1Cl. The van der Waals surface area contributed by atoms with Gasteiger partial charge in [-0.25, -0.2) is 0 Å². The van der Waals surface area contributed by atoms with Crippen molar-refractivity contribution in [3.05, 3.63) is 107 Å². The second-order valence-corrected chi connectivity index (χ2v) is 7.65. The van der Waals surface area contributed by atoms with Gasteiger partial charge in [0.15, 0.2) is 0 Å². The fraction of sp³-hybridized carbons (Fsp3) is 0. The Morgan fingerprint density at radius 3 is 1.14 bits per heavy atom. The second-order valence-electron chi connectivity index (χ2n) is 6.84. The van der Waals surface area contributed by atoms with Gasteiger partial charge in [0.2, 0.25) is 0 Å². The molecule has 0 atom stereocenters. The Balaban J connectivity index is 2.05. The summed E-state index contributed by atoms with van der Waals surface area (Å²) < 4.78 is 0. The third-order valence-corrected chi connectivity index (χ3v) is 5.91. The van der Waals surface area contributed by atoms with Gasteiger partial charge in [-0.05, 0) is 55.9 Å². The van der Waals surface area contributed by atoms with E-state index in [0.717, 1.165) is 10.8 Å². The molecule has 0 nitrogen and oxygen atoms in total. The molecule has 0 unspecified atom stereocenters. The lowest BCUT2D eigenvalue weighted by Crippen LogP contribution is -1.91. The maximum atomic E-state index is 6.46. The van der Waals surface area contributed by atoms with E-state index in [9.17, 15) is 0 Å². The highest BCUT2D eigenvalue weighted by Crippen LogP contribution is 2.45. The van der Waals surface area contributed by atoms with Crippen LogP contribution in [0.25, 0.3) is 43.8 Å². The summed E-state index contributed by atoms with van der Waals surface area (Å²) in [6, 6.07) is 33.5. The quantitative estimate of drug-likeness (QED) is 0.261. The molecule has 28 heavy (non-hydrogen) atoms. The number of halogens is 2. The highest BCUT2D eigenvalue weighted by Gasteiger charge is 2.17. The van der Waals surface area contributed by atoms with Gasteiger partial charge < -0.3 is 0 Å². The topological polar surface area (TPSA) is 0 Å². The van der Waals surface area contributed by atoms with E-state index in [2.05, 4.69) is 72.8 Å². The Hall–Kier alpha value is -2.80. The van der Waals surface area contributed by atoms with Crippen molar-refractivity contribution in [3.63, 3.8) is 0 Å². The Kier molecular flexibility index (Phi) is 4.31. The molecule has 5 aromatic carbocycles. The molecular weight excluding hydrogens is 383 g/mol. The molecule has 0 heterocycles. The summed E-state index contributed by atoms with van der Waals surface area (Å²) in [5.74, 6) is 0. The summed E-state index contributed by atoms with van der Waals surface area (Å²) >= 11 is 12.9. The smallest absolute Gasteiger partial charge is 0.0598 e. The third kappa shape index (κ3) is 2.77. The van der Waals surface area contributed by atoms with Crippen molar-refractivity contribution in [3.8, 4) is 22.3 Å². The molecule has 0 saturated heterocycles. The van der Waals surface area contributed by atoms with E-state index in [1.165, 1.54) is 33.0 Å². The van der Waals surface area contributed by atoms with E-state index < -0.39 is 0 Å². The van der Waals surface area contributed by atoms with Crippen LogP contribution in [0.5, 0.6) is 0 Å². The molecule has 0 bridgehead atoms. The van der Waals surface area contributed by atoms with Crippen LogP contribution in [0.3, 0.4) is 0 Å². The van der Waals surface area contributed by atoms with Crippen molar-refractivity contribution in [1.29, 1.82) is 0 Å². The van der Waals surface area contributed by atoms with Crippen LogP contribution in [-0.4, -0.2) is 0 Å². The average molecular weight is 399 g/mol. The number of hydrogen-bond acceptors (Lipinski definition) is 0. The minimum atomic E-state index is 0.570. The lowest BCUT2D eigenvalue weighted by Gasteiger charge is -2.18. The van der Waals surface area contributed by atoms with E-state index in [4.69, 9.17) is 23.2 Å². The lowest BCUT2D eigenvalue weighted by atomic mass is 9.86. The van der Waals surface area contributed by atoms with E-state index in [0.29, 0.717) is 10.0 Å². The Bertz CT molecular complexity index is 1200. The van der Waals surface area contributed by atoms with Crippen molar-refractivity contribution in [2.75, 3.05) is 0 Å². The first kappa shape index (κ1) is 17.3. The molecule has 5 aromatic rings. The second kappa shape index (κ2) is 6.98. The molecule has 0 aliphatic rings. The van der Waals surface area contributed by atoms with E-state index in [1.807, 2.05) is 24.3 Å². The minimum absolute atomic E-state index is 0.570. The van der Waals surface area contributed by atoms with Crippen LogP contribution in [0.2, 0.25) is 10.0 Å². The molecule has 0 aliphatic heterocycles. The minimum Gasteiger partial charge on any atom is -0.0827 e. The van der Waals surface area contributed by atoms with Crippen molar-refractivity contribution < 1.29 is 0 Å². The van der Waals surface area contributed by atoms with E-state index in [1.54, 1.807) is 0 Å². The maximum Gasteiger partial charge on any atom is 0.0598 e. The fourth-order valence-electron chi connectivity index (χ4n) is 4.00. The van der Waals surface area contributed by atoms with Crippen molar-refractivity contribution in [1.82, 2.24) is 0 Å². The zero-order valence-electron chi connectivity index (χ0n) is 15.0. The van der Waals surface area contributed by atoms with Crippen LogP contribution in [0.1, 0.15) is 0 Å². The normalized spacial score (nSPS) is 11.2. The summed E-state index contributed by atoms with van der Waals surface area (Å²) in [4.78, 5) is 0. The monoisotopic (exact) mass is 398 g/mol. The molecule has 0 saturated carbocycles. The van der Waals surface area contributed by atoms with Gasteiger partial charge >= 0.3 is 0 Å². The molecule has 0 spiro atoms. The summed E-state index contributed by atoms with van der Waals surface area (Å²) in [5, 5.41) is 5.77. The zero-order chi connectivity index (χ0) is 19.1. The van der Waals surface area contributed by atoms with Crippen LogP contribution < -0.4 is 0 Å². The Morgan fingerprint density at radius 1 is 0.393 bits per heavy atom. The van der Waals surface area contributed by atoms with Gasteiger partial charge in [-0.3, -0.25) is 0 Å².